The molecule has 0 aliphatic carbocycles. The number of aromatic nitrogens is 1. The van der Waals surface area contributed by atoms with Crippen molar-refractivity contribution in [3.05, 3.63) is 39.7 Å². The molecule has 0 spiro atoms. The highest BCUT2D eigenvalue weighted by atomic mass is 35.5. The second-order valence-corrected chi connectivity index (χ2v) is 6.34. The summed E-state index contributed by atoms with van der Waals surface area (Å²) in [5.41, 5.74) is 1.36. The van der Waals surface area contributed by atoms with E-state index in [1.807, 2.05) is 19.2 Å². The first-order valence-electron chi connectivity index (χ1n) is 7.93. The number of nitrogens with zero attached hydrogens (tertiary/aromatic N) is 3. The zero-order valence-corrected chi connectivity index (χ0v) is 14.3. The Morgan fingerprint density at radius 2 is 1.83 bits per heavy atom. The fourth-order valence-corrected chi connectivity index (χ4v) is 3.58. The van der Waals surface area contributed by atoms with E-state index in [2.05, 4.69) is 4.90 Å². The molecule has 0 saturated carbocycles. The first-order chi connectivity index (χ1) is 11.1. The number of hydrogen-bond acceptors (Lipinski definition) is 4. The predicted molar refractivity (Wildman–Crippen MR) is 94.2 cm³/mol. The summed E-state index contributed by atoms with van der Waals surface area (Å²) < 4.78 is 1.63. The van der Waals surface area contributed by atoms with Gasteiger partial charge in [0, 0.05) is 38.1 Å². The van der Waals surface area contributed by atoms with E-state index in [-0.39, 0.29) is 35.2 Å². The van der Waals surface area contributed by atoms with Crippen molar-refractivity contribution in [3.63, 3.8) is 0 Å². The van der Waals surface area contributed by atoms with Crippen LogP contribution in [0.3, 0.4) is 0 Å². The Kier molecular flexibility index (Phi) is 4.27. The van der Waals surface area contributed by atoms with E-state index in [0.29, 0.717) is 25.0 Å². The van der Waals surface area contributed by atoms with E-state index in [9.17, 15) is 14.7 Å². The number of benzene rings is 1. The van der Waals surface area contributed by atoms with Crippen molar-refractivity contribution in [2.24, 2.45) is 0 Å². The second kappa shape index (κ2) is 6.11. The van der Waals surface area contributed by atoms with E-state index >= 15 is 0 Å². The molecule has 4 rings (SSSR count). The summed E-state index contributed by atoms with van der Waals surface area (Å²) in [6.45, 7) is 3.27. The fraction of sp³-hybridized carbons (Fsp3) is 0.412. The first-order valence-corrected chi connectivity index (χ1v) is 7.93. The maximum atomic E-state index is 12.8. The van der Waals surface area contributed by atoms with Crippen LogP contribution >= 0.6 is 12.4 Å². The molecule has 1 saturated heterocycles. The molecule has 3 heterocycles. The molecule has 1 amide bonds. The van der Waals surface area contributed by atoms with Gasteiger partial charge in [0.1, 0.15) is 11.3 Å². The number of halogens is 1. The summed E-state index contributed by atoms with van der Waals surface area (Å²) in [6.07, 6.45) is 0.762. The number of amides is 1. The highest BCUT2D eigenvalue weighted by molar-refractivity contribution is 6.03. The molecule has 1 aromatic heterocycles. The number of piperazine rings is 1. The van der Waals surface area contributed by atoms with Gasteiger partial charge in [0.05, 0.1) is 5.52 Å². The van der Waals surface area contributed by atoms with Gasteiger partial charge in [0.25, 0.3) is 11.5 Å². The monoisotopic (exact) mass is 349 g/mol. The molecule has 0 radical (unpaired) electrons. The minimum atomic E-state index is -0.371. The second-order valence-electron chi connectivity index (χ2n) is 6.34. The number of carbonyl (C=O) groups excluding carboxylic acids is 1. The molecule has 0 unspecified atom stereocenters. The predicted octanol–water partition coefficient (Wildman–Crippen LogP) is 1.07. The first kappa shape index (κ1) is 16.8. The summed E-state index contributed by atoms with van der Waals surface area (Å²) in [6, 6.07) is 5.60. The highest BCUT2D eigenvalue weighted by Gasteiger charge is 2.29. The molecule has 6 nitrogen and oxygen atoms in total. The lowest BCUT2D eigenvalue weighted by atomic mass is 10.1. The number of likely N-dealkylation sites (N-methyl/N-ethyl adjacent to an activating group) is 1. The van der Waals surface area contributed by atoms with Gasteiger partial charge in [-0.1, -0.05) is 12.1 Å². The number of aromatic hydroxyl groups is 1. The number of pyridine rings is 1. The largest absolute Gasteiger partial charge is 0.506 e. The minimum Gasteiger partial charge on any atom is -0.506 e. The Morgan fingerprint density at radius 1 is 1.12 bits per heavy atom. The van der Waals surface area contributed by atoms with Crippen molar-refractivity contribution >= 4 is 29.2 Å². The van der Waals surface area contributed by atoms with E-state index < -0.39 is 0 Å². The summed E-state index contributed by atoms with van der Waals surface area (Å²) >= 11 is 0. The van der Waals surface area contributed by atoms with Crippen LogP contribution in [0.4, 0.5) is 0 Å². The number of carbonyl (C=O) groups is 1. The molecule has 2 aromatic rings. The van der Waals surface area contributed by atoms with Gasteiger partial charge >= 0.3 is 0 Å². The Morgan fingerprint density at radius 3 is 2.54 bits per heavy atom. The van der Waals surface area contributed by atoms with Crippen LogP contribution in [0.5, 0.6) is 5.75 Å². The van der Waals surface area contributed by atoms with E-state index in [0.717, 1.165) is 30.6 Å². The van der Waals surface area contributed by atoms with Gasteiger partial charge in [-0.25, -0.2) is 0 Å². The van der Waals surface area contributed by atoms with Crippen LogP contribution in [0.15, 0.2) is 23.0 Å². The van der Waals surface area contributed by atoms with Gasteiger partial charge in [0.2, 0.25) is 0 Å². The fourth-order valence-electron chi connectivity index (χ4n) is 3.58. The summed E-state index contributed by atoms with van der Waals surface area (Å²) in [5.74, 6) is -0.530. The van der Waals surface area contributed by atoms with Crippen molar-refractivity contribution in [2.45, 2.75) is 13.0 Å². The number of hydrogen-bond donors (Lipinski definition) is 1. The van der Waals surface area contributed by atoms with Crippen molar-refractivity contribution in [1.29, 1.82) is 0 Å². The van der Waals surface area contributed by atoms with Gasteiger partial charge in [-0.2, -0.15) is 0 Å². The number of para-hydroxylation sites is 1. The molecule has 7 heteroatoms. The molecular formula is C17H20ClN3O3. The number of aryl methyl sites for hydroxylation is 2. The molecule has 0 bridgehead atoms. The minimum absolute atomic E-state index is 0. The molecule has 2 aliphatic heterocycles. The normalized spacial score (nSPS) is 17.1. The van der Waals surface area contributed by atoms with Gasteiger partial charge in [-0.3, -0.25) is 9.59 Å². The lowest BCUT2D eigenvalue weighted by Crippen LogP contribution is -2.48. The molecule has 2 aliphatic rings. The van der Waals surface area contributed by atoms with Crippen LogP contribution in [0.1, 0.15) is 15.9 Å². The van der Waals surface area contributed by atoms with Gasteiger partial charge in [0.15, 0.2) is 0 Å². The Labute approximate surface area is 145 Å². The number of rotatable bonds is 1. The molecule has 1 aromatic carbocycles. The Balaban J connectivity index is 0.00000169. The maximum absolute atomic E-state index is 12.8. The van der Waals surface area contributed by atoms with E-state index in [4.69, 9.17) is 0 Å². The average Bonchev–Trinajstić information content (AvgIpc) is 2.98. The van der Waals surface area contributed by atoms with Crippen LogP contribution in [0.25, 0.3) is 10.9 Å². The maximum Gasteiger partial charge on any atom is 0.267 e. The van der Waals surface area contributed by atoms with Gasteiger partial charge in [-0.15, -0.1) is 12.4 Å². The van der Waals surface area contributed by atoms with Crippen molar-refractivity contribution < 1.29 is 9.90 Å². The van der Waals surface area contributed by atoms with E-state index in [1.54, 1.807) is 15.5 Å². The quantitative estimate of drug-likeness (QED) is 0.836. The van der Waals surface area contributed by atoms with Crippen LogP contribution < -0.4 is 5.56 Å². The van der Waals surface area contributed by atoms with Crippen molar-refractivity contribution in [2.75, 3.05) is 33.2 Å². The molecule has 24 heavy (non-hydrogen) atoms. The standard InChI is InChI=1S/C17H19N3O3.ClH/c1-18-7-9-19(10-8-18)16(22)13-15(21)12-4-2-3-11-5-6-20(14(11)12)17(13)23;/h2-4,21H,5-10H2,1H3;1H. The molecule has 1 fully saturated rings. The zero-order valence-electron chi connectivity index (χ0n) is 13.5. The van der Waals surface area contributed by atoms with Crippen LogP contribution in [-0.4, -0.2) is 58.6 Å². The summed E-state index contributed by atoms with van der Waals surface area (Å²) in [4.78, 5) is 29.4. The van der Waals surface area contributed by atoms with Gasteiger partial charge < -0.3 is 19.5 Å². The van der Waals surface area contributed by atoms with Crippen LogP contribution in [-0.2, 0) is 13.0 Å². The Bertz CT molecular complexity index is 869. The average molecular weight is 350 g/mol. The van der Waals surface area contributed by atoms with E-state index in [1.165, 1.54) is 0 Å². The molecule has 128 valence electrons. The lowest BCUT2D eigenvalue weighted by molar-refractivity contribution is 0.0659. The molecular weight excluding hydrogens is 330 g/mol. The lowest BCUT2D eigenvalue weighted by Gasteiger charge is -2.32. The molecule has 0 atom stereocenters. The zero-order chi connectivity index (χ0) is 16.1. The van der Waals surface area contributed by atoms with Crippen molar-refractivity contribution in [3.8, 4) is 5.75 Å². The third-order valence-corrected chi connectivity index (χ3v) is 4.95. The summed E-state index contributed by atoms with van der Waals surface area (Å²) in [7, 11) is 2.01. The molecule has 1 N–H and O–H groups in total. The third kappa shape index (κ3) is 2.37. The topological polar surface area (TPSA) is 65.8 Å². The van der Waals surface area contributed by atoms with Crippen LogP contribution in [0.2, 0.25) is 0 Å². The van der Waals surface area contributed by atoms with Gasteiger partial charge in [-0.05, 0) is 25.1 Å². The SMILES string of the molecule is CN1CCN(C(=O)c2c(O)c3cccc4c3n(c2=O)CC4)CC1.Cl. The Hall–Kier alpha value is -2.05. The summed E-state index contributed by atoms with van der Waals surface area (Å²) in [5, 5.41) is 11.2. The third-order valence-electron chi connectivity index (χ3n) is 4.95. The smallest absolute Gasteiger partial charge is 0.267 e. The highest BCUT2D eigenvalue weighted by Crippen LogP contribution is 2.32. The van der Waals surface area contributed by atoms with Crippen LogP contribution in [0, 0.1) is 0 Å². The van der Waals surface area contributed by atoms with Crippen molar-refractivity contribution in [1.82, 2.24) is 14.4 Å².